The number of rotatable bonds is 5. The molecule has 0 aromatic heterocycles. The van der Waals surface area contributed by atoms with Crippen LogP contribution in [0.25, 0.3) is 0 Å². The molecule has 1 rings (SSSR count). The van der Waals surface area contributed by atoms with Gasteiger partial charge in [0, 0.05) is 18.2 Å². The largest absolute Gasteiger partial charge is 0.435 e. The van der Waals surface area contributed by atoms with Crippen LogP contribution in [-0.2, 0) is 11.2 Å². The Hall–Kier alpha value is -1.17. The van der Waals surface area contributed by atoms with Crippen LogP contribution in [0.15, 0.2) is 18.2 Å². The molecule has 6 heteroatoms. The molecular weight excluding hydrogens is 284 g/mol. The topological polar surface area (TPSA) is 52.3 Å². The lowest BCUT2D eigenvalue weighted by atomic mass is 10.1. The van der Waals surface area contributed by atoms with E-state index in [-0.39, 0.29) is 29.0 Å². The second-order valence-electron chi connectivity index (χ2n) is 3.09. The van der Waals surface area contributed by atoms with Crippen LogP contribution in [0.5, 0.6) is 5.75 Å². The Morgan fingerprint density at radius 2 is 2.19 bits per heavy atom. The molecule has 0 fully saturated rings. The number of ketones is 1. The van der Waals surface area contributed by atoms with Gasteiger partial charge in [0.15, 0.2) is 0 Å². The zero-order valence-corrected chi connectivity index (χ0v) is 9.84. The van der Waals surface area contributed by atoms with Crippen molar-refractivity contribution >= 4 is 27.4 Å². The van der Waals surface area contributed by atoms with Crippen molar-refractivity contribution in [1.29, 1.82) is 0 Å². The Morgan fingerprint density at radius 3 is 2.69 bits per heavy atom. The number of carbonyl (C=O) groups excluding carboxylic acids is 1. The number of anilines is 1. The van der Waals surface area contributed by atoms with Crippen molar-refractivity contribution < 1.29 is 18.3 Å². The average molecular weight is 294 g/mol. The maximum atomic E-state index is 11.9. The van der Waals surface area contributed by atoms with E-state index in [1.807, 2.05) is 0 Å². The quantitative estimate of drug-likeness (QED) is 0.670. The Balaban J connectivity index is 2.79. The molecule has 0 saturated heterocycles. The van der Waals surface area contributed by atoms with Gasteiger partial charge in [-0.2, -0.15) is 8.78 Å². The Morgan fingerprint density at radius 1 is 1.50 bits per heavy atom. The molecule has 0 unspecified atom stereocenters. The van der Waals surface area contributed by atoms with Gasteiger partial charge < -0.3 is 10.5 Å². The van der Waals surface area contributed by atoms with Crippen LogP contribution in [0.3, 0.4) is 0 Å². The highest BCUT2D eigenvalue weighted by Gasteiger charge is 2.09. The minimum absolute atomic E-state index is 0.0115. The predicted octanol–water partition coefficient (Wildman–Crippen LogP) is 2.38. The number of hydrogen-bond acceptors (Lipinski definition) is 3. The third-order valence-electron chi connectivity index (χ3n) is 1.88. The molecule has 0 spiro atoms. The standard InChI is InChI=1S/C10H10BrF2NO2/c11-5-7(15)3-6-1-2-8(4-9(6)14)16-10(12)13/h1-2,4,10H,3,5,14H2. The number of halogens is 3. The average Bonchev–Trinajstić information content (AvgIpc) is 2.21. The zero-order valence-electron chi connectivity index (χ0n) is 8.25. The molecule has 1 aromatic rings. The molecule has 0 atom stereocenters. The predicted molar refractivity (Wildman–Crippen MR) is 60.0 cm³/mol. The molecule has 3 nitrogen and oxygen atoms in total. The summed E-state index contributed by atoms with van der Waals surface area (Å²) in [6.45, 7) is -2.88. The molecule has 0 aliphatic heterocycles. The summed E-state index contributed by atoms with van der Waals surface area (Å²) < 4.78 is 28.0. The molecule has 16 heavy (non-hydrogen) atoms. The van der Waals surface area contributed by atoms with Gasteiger partial charge in [-0.3, -0.25) is 4.79 Å². The van der Waals surface area contributed by atoms with E-state index in [0.717, 1.165) is 0 Å². The molecule has 0 amide bonds. The van der Waals surface area contributed by atoms with Gasteiger partial charge in [-0.1, -0.05) is 22.0 Å². The second kappa shape index (κ2) is 5.79. The highest BCUT2D eigenvalue weighted by molar-refractivity contribution is 9.09. The van der Waals surface area contributed by atoms with Crippen molar-refractivity contribution in [2.45, 2.75) is 13.0 Å². The van der Waals surface area contributed by atoms with E-state index in [9.17, 15) is 13.6 Å². The molecule has 2 N–H and O–H groups in total. The molecule has 0 saturated carbocycles. The molecule has 1 aromatic carbocycles. The molecule has 0 bridgehead atoms. The lowest BCUT2D eigenvalue weighted by Gasteiger charge is -2.08. The monoisotopic (exact) mass is 293 g/mol. The van der Waals surface area contributed by atoms with Crippen molar-refractivity contribution in [3.8, 4) is 5.75 Å². The second-order valence-corrected chi connectivity index (χ2v) is 3.65. The minimum atomic E-state index is -2.88. The number of nitrogens with two attached hydrogens (primary N) is 1. The number of carbonyl (C=O) groups is 1. The molecule has 88 valence electrons. The summed E-state index contributed by atoms with van der Waals surface area (Å²) in [5.41, 5.74) is 6.48. The van der Waals surface area contributed by atoms with Crippen molar-refractivity contribution in [1.82, 2.24) is 0 Å². The molecular formula is C10H10BrF2NO2. The van der Waals surface area contributed by atoms with Crippen molar-refractivity contribution in [2.75, 3.05) is 11.1 Å². The fraction of sp³-hybridized carbons (Fsp3) is 0.300. The van der Waals surface area contributed by atoms with Gasteiger partial charge in [0.25, 0.3) is 0 Å². The number of benzene rings is 1. The third kappa shape index (κ3) is 3.77. The summed E-state index contributed by atoms with van der Waals surface area (Å²) in [5.74, 6) is -0.0447. The van der Waals surface area contributed by atoms with E-state index in [1.165, 1.54) is 18.2 Å². The van der Waals surface area contributed by atoms with Gasteiger partial charge in [-0.05, 0) is 11.6 Å². The van der Waals surface area contributed by atoms with Crippen molar-refractivity contribution in [3.05, 3.63) is 23.8 Å². The lowest BCUT2D eigenvalue weighted by molar-refractivity contribution is -0.115. The normalized spacial score (nSPS) is 10.5. The maximum absolute atomic E-state index is 11.9. The first kappa shape index (κ1) is 12.9. The Bertz CT molecular complexity index is 385. The van der Waals surface area contributed by atoms with E-state index in [2.05, 4.69) is 20.7 Å². The van der Waals surface area contributed by atoms with Gasteiger partial charge in [0.1, 0.15) is 11.5 Å². The summed E-state index contributed by atoms with van der Waals surface area (Å²) in [4.78, 5) is 11.1. The highest BCUT2D eigenvalue weighted by Crippen LogP contribution is 2.22. The highest BCUT2D eigenvalue weighted by atomic mass is 79.9. The molecule has 0 aliphatic rings. The van der Waals surface area contributed by atoms with Crippen LogP contribution in [0.1, 0.15) is 5.56 Å². The van der Waals surface area contributed by atoms with Crippen LogP contribution >= 0.6 is 15.9 Å². The summed E-state index contributed by atoms with van der Waals surface area (Å²) in [7, 11) is 0. The Kier molecular flexibility index (Phi) is 4.67. The summed E-state index contributed by atoms with van der Waals surface area (Å²) >= 11 is 3.03. The van der Waals surface area contributed by atoms with E-state index in [0.29, 0.717) is 5.56 Å². The number of ether oxygens (including phenoxy) is 1. The first-order chi connectivity index (χ1) is 7.52. The first-order valence-electron chi connectivity index (χ1n) is 4.44. The van der Waals surface area contributed by atoms with Gasteiger partial charge in [0.05, 0.1) is 5.33 Å². The fourth-order valence-corrected chi connectivity index (χ4v) is 1.37. The number of Topliss-reactive ketones (excluding diaryl/α,β-unsaturated/α-hetero) is 1. The molecule has 0 radical (unpaired) electrons. The van der Waals surface area contributed by atoms with Crippen molar-refractivity contribution in [3.63, 3.8) is 0 Å². The molecule has 0 heterocycles. The SMILES string of the molecule is Nc1cc(OC(F)F)ccc1CC(=O)CBr. The van der Waals surface area contributed by atoms with Crippen LogP contribution < -0.4 is 10.5 Å². The van der Waals surface area contributed by atoms with Crippen LogP contribution in [0.4, 0.5) is 14.5 Å². The van der Waals surface area contributed by atoms with Crippen LogP contribution in [0.2, 0.25) is 0 Å². The fourth-order valence-electron chi connectivity index (χ4n) is 1.17. The van der Waals surface area contributed by atoms with Gasteiger partial charge in [0.2, 0.25) is 0 Å². The van der Waals surface area contributed by atoms with E-state index >= 15 is 0 Å². The molecule has 0 aliphatic carbocycles. The summed E-state index contributed by atoms with van der Waals surface area (Å²) in [5, 5.41) is 0.238. The van der Waals surface area contributed by atoms with E-state index in [4.69, 9.17) is 5.73 Å². The first-order valence-corrected chi connectivity index (χ1v) is 5.56. The van der Waals surface area contributed by atoms with Gasteiger partial charge in [-0.25, -0.2) is 0 Å². The third-order valence-corrected chi connectivity index (χ3v) is 2.50. The van der Waals surface area contributed by atoms with Crippen molar-refractivity contribution in [2.24, 2.45) is 0 Å². The summed E-state index contributed by atoms with van der Waals surface area (Å²) in [6, 6.07) is 4.15. The Labute approximate surface area is 99.7 Å². The summed E-state index contributed by atoms with van der Waals surface area (Å²) in [6.07, 6.45) is 0.173. The zero-order chi connectivity index (χ0) is 12.1. The van der Waals surface area contributed by atoms with Crippen LogP contribution in [-0.4, -0.2) is 17.7 Å². The lowest BCUT2D eigenvalue weighted by Crippen LogP contribution is -2.07. The minimum Gasteiger partial charge on any atom is -0.435 e. The van der Waals surface area contributed by atoms with E-state index in [1.54, 1.807) is 0 Å². The van der Waals surface area contributed by atoms with Gasteiger partial charge in [-0.15, -0.1) is 0 Å². The number of nitrogen functional groups attached to an aromatic ring is 1. The van der Waals surface area contributed by atoms with Crippen LogP contribution in [0, 0.1) is 0 Å². The number of alkyl halides is 3. The maximum Gasteiger partial charge on any atom is 0.387 e. The smallest absolute Gasteiger partial charge is 0.387 e. The van der Waals surface area contributed by atoms with E-state index < -0.39 is 6.61 Å². The number of hydrogen-bond donors (Lipinski definition) is 1. The van der Waals surface area contributed by atoms with Gasteiger partial charge >= 0.3 is 6.61 Å².